The number of rotatable bonds is 2. The number of carbonyl (C=O) groups is 1. The number of carboxylic acid groups (broad SMARTS) is 1. The zero-order valence-electron chi connectivity index (χ0n) is 7.73. The Balaban J connectivity index is 2.86. The highest BCUT2D eigenvalue weighted by atomic mass is 127. The van der Waals surface area contributed by atoms with E-state index in [4.69, 9.17) is 5.11 Å². The molecule has 1 heterocycles. The van der Waals surface area contributed by atoms with Crippen molar-refractivity contribution in [3.63, 3.8) is 0 Å². The van der Waals surface area contributed by atoms with E-state index >= 15 is 0 Å². The number of nitrogens with one attached hydrogen (secondary N) is 1. The van der Waals surface area contributed by atoms with Crippen molar-refractivity contribution in [3.8, 4) is 0 Å². The van der Waals surface area contributed by atoms with Crippen LogP contribution >= 0.6 is 22.6 Å². The minimum Gasteiger partial charge on any atom is -0.478 e. The number of nitro groups is 1. The highest BCUT2D eigenvalue weighted by Gasteiger charge is 2.19. The lowest BCUT2D eigenvalue weighted by atomic mass is 10.1. The molecule has 1 aromatic carbocycles. The molecule has 0 aliphatic carbocycles. The number of hydrogen-bond acceptors (Lipinski definition) is 3. The Kier molecular flexibility index (Phi) is 2.54. The molecule has 0 spiro atoms. The van der Waals surface area contributed by atoms with Crippen LogP contribution in [0.3, 0.4) is 0 Å². The maximum Gasteiger partial charge on any atom is 0.337 e. The van der Waals surface area contributed by atoms with Crippen molar-refractivity contribution in [2.45, 2.75) is 0 Å². The number of carboxylic acids is 1. The molecule has 0 aliphatic heterocycles. The van der Waals surface area contributed by atoms with Gasteiger partial charge in [0, 0.05) is 6.07 Å². The van der Waals surface area contributed by atoms with Crippen molar-refractivity contribution >= 4 is 45.2 Å². The highest BCUT2D eigenvalue weighted by molar-refractivity contribution is 14.1. The summed E-state index contributed by atoms with van der Waals surface area (Å²) in [5.74, 6) is -1.11. The van der Waals surface area contributed by atoms with E-state index in [-0.39, 0.29) is 16.8 Å². The first-order valence-corrected chi connectivity index (χ1v) is 5.27. The van der Waals surface area contributed by atoms with Crippen LogP contribution in [0.2, 0.25) is 0 Å². The van der Waals surface area contributed by atoms with Gasteiger partial charge in [-0.05, 0) is 34.7 Å². The van der Waals surface area contributed by atoms with Crippen molar-refractivity contribution < 1.29 is 14.8 Å². The molecule has 6 nitrogen and oxygen atoms in total. The Morgan fingerprint density at radius 2 is 2.19 bits per heavy atom. The van der Waals surface area contributed by atoms with Crippen LogP contribution in [0.1, 0.15) is 10.4 Å². The smallest absolute Gasteiger partial charge is 0.337 e. The lowest BCUT2D eigenvalue weighted by molar-refractivity contribution is -0.383. The minimum absolute atomic E-state index is 0.0310. The lowest BCUT2D eigenvalue weighted by Crippen LogP contribution is -1.99. The van der Waals surface area contributed by atoms with Gasteiger partial charge in [0.2, 0.25) is 0 Å². The lowest BCUT2D eigenvalue weighted by Gasteiger charge is -1.98. The van der Waals surface area contributed by atoms with E-state index in [1.54, 1.807) is 6.07 Å². The summed E-state index contributed by atoms with van der Waals surface area (Å²) in [5, 5.41) is 20.0. The fraction of sp³-hybridized carbons (Fsp3) is 0. The molecule has 0 amide bonds. The quantitative estimate of drug-likeness (QED) is 0.501. The molecule has 0 saturated carbocycles. The third kappa shape index (κ3) is 1.62. The van der Waals surface area contributed by atoms with E-state index in [1.807, 2.05) is 22.6 Å². The minimum atomic E-state index is -1.11. The third-order valence-electron chi connectivity index (χ3n) is 2.17. The fourth-order valence-corrected chi connectivity index (χ4v) is 2.09. The summed E-state index contributed by atoms with van der Waals surface area (Å²) in [4.78, 5) is 23.9. The molecule has 0 bridgehead atoms. The Labute approximate surface area is 103 Å². The van der Waals surface area contributed by atoms with E-state index in [9.17, 15) is 14.9 Å². The van der Waals surface area contributed by atoms with E-state index in [1.165, 1.54) is 12.1 Å². The topological polar surface area (TPSA) is 96.2 Å². The SMILES string of the molecule is O=C(O)c1ccc([N+](=O)[O-])c2cc(I)[nH]c12. The van der Waals surface area contributed by atoms with Crippen LogP contribution in [0.15, 0.2) is 18.2 Å². The molecule has 2 aromatic rings. The standard InChI is InChI=1S/C9H5IN2O4/c10-7-3-5-6(12(15)16)2-1-4(9(13)14)8(5)11-7/h1-3,11H,(H,13,14). The second-order valence-electron chi connectivity index (χ2n) is 3.10. The summed E-state index contributed by atoms with van der Waals surface area (Å²) in [5.41, 5.74) is 0.216. The maximum absolute atomic E-state index is 10.9. The molecule has 16 heavy (non-hydrogen) atoms. The molecule has 0 aliphatic rings. The second kappa shape index (κ2) is 3.74. The number of aromatic nitrogens is 1. The number of non-ortho nitro benzene ring substituents is 1. The normalized spacial score (nSPS) is 10.6. The van der Waals surface area contributed by atoms with Crippen LogP contribution in [0.25, 0.3) is 10.9 Å². The van der Waals surface area contributed by atoms with Gasteiger partial charge in [-0.1, -0.05) is 0 Å². The number of nitro benzene ring substituents is 1. The first-order valence-electron chi connectivity index (χ1n) is 4.19. The number of aromatic amines is 1. The Morgan fingerprint density at radius 1 is 1.50 bits per heavy atom. The summed E-state index contributed by atoms with van der Waals surface area (Å²) < 4.78 is 0.657. The van der Waals surface area contributed by atoms with Gasteiger partial charge < -0.3 is 10.1 Å². The first-order chi connectivity index (χ1) is 7.50. The summed E-state index contributed by atoms with van der Waals surface area (Å²) in [6, 6.07) is 3.99. The van der Waals surface area contributed by atoms with Crippen LogP contribution in [0.5, 0.6) is 0 Å². The predicted molar refractivity (Wildman–Crippen MR) is 64.6 cm³/mol. The van der Waals surface area contributed by atoms with Gasteiger partial charge in [-0.15, -0.1) is 0 Å². The number of hydrogen-bond donors (Lipinski definition) is 2. The largest absolute Gasteiger partial charge is 0.478 e. The van der Waals surface area contributed by atoms with E-state index in [2.05, 4.69) is 4.98 Å². The fourth-order valence-electron chi connectivity index (χ4n) is 1.51. The maximum atomic E-state index is 10.9. The van der Waals surface area contributed by atoms with Crippen LogP contribution in [-0.4, -0.2) is 21.0 Å². The molecule has 0 fully saturated rings. The molecule has 1 aromatic heterocycles. The number of H-pyrrole nitrogens is 1. The molecule has 2 rings (SSSR count). The van der Waals surface area contributed by atoms with Crippen molar-refractivity contribution in [2.75, 3.05) is 0 Å². The summed E-state index contributed by atoms with van der Waals surface area (Å²) in [6.45, 7) is 0. The number of benzene rings is 1. The van der Waals surface area contributed by atoms with E-state index < -0.39 is 10.9 Å². The van der Waals surface area contributed by atoms with Crippen molar-refractivity contribution in [3.05, 3.63) is 37.6 Å². The third-order valence-corrected chi connectivity index (χ3v) is 2.75. The first kappa shape index (κ1) is 10.9. The van der Waals surface area contributed by atoms with Gasteiger partial charge in [0.15, 0.2) is 0 Å². The van der Waals surface area contributed by atoms with Crippen molar-refractivity contribution in [2.24, 2.45) is 0 Å². The van der Waals surface area contributed by atoms with Crippen LogP contribution in [0.4, 0.5) is 5.69 Å². The van der Waals surface area contributed by atoms with Crippen LogP contribution < -0.4 is 0 Å². The zero-order valence-corrected chi connectivity index (χ0v) is 9.89. The Bertz CT molecular complexity index is 554. The second-order valence-corrected chi connectivity index (χ2v) is 4.26. The van der Waals surface area contributed by atoms with Gasteiger partial charge >= 0.3 is 5.97 Å². The molecule has 82 valence electrons. The molecule has 2 N–H and O–H groups in total. The molecular weight excluding hydrogens is 327 g/mol. The average Bonchev–Trinajstić information content (AvgIpc) is 2.56. The van der Waals surface area contributed by atoms with Crippen molar-refractivity contribution in [1.29, 1.82) is 0 Å². The summed E-state index contributed by atoms with van der Waals surface area (Å²) in [6.07, 6.45) is 0. The molecule has 0 radical (unpaired) electrons. The summed E-state index contributed by atoms with van der Waals surface area (Å²) in [7, 11) is 0. The van der Waals surface area contributed by atoms with Gasteiger partial charge in [-0.25, -0.2) is 4.79 Å². The molecule has 7 heteroatoms. The van der Waals surface area contributed by atoms with Gasteiger partial charge in [-0.3, -0.25) is 10.1 Å². The van der Waals surface area contributed by atoms with Gasteiger partial charge in [0.05, 0.1) is 25.1 Å². The van der Waals surface area contributed by atoms with Gasteiger partial charge in [0.25, 0.3) is 5.69 Å². The Hall–Kier alpha value is -1.64. The highest BCUT2D eigenvalue weighted by Crippen LogP contribution is 2.29. The summed E-state index contributed by atoms with van der Waals surface area (Å²) >= 11 is 1.94. The average molecular weight is 332 g/mol. The molecule has 0 atom stereocenters. The molecule has 0 saturated heterocycles. The van der Waals surface area contributed by atoms with Gasteiger partial charge in [-0.2, -0.15) is 0 Å². The van der Waals surface area contributed by atoms with E-state index in [0.717, 1.165) is 0 Å². The molecule has 0 unspecified atom stereocenters. The Morgan fingerprint density at radius 3 is 2.75 bits per heavy atom. The monoisotopic (exact) mass is 332 g/mol. The zero-order chi connectivity index (χ0) is 11.9. The number of halogens is 1. The van der Waals surface area contributed by atoms with Crippen molar-refractivity contribution in [1.82, 2.24) is 4.98 Å². The predicted octanol–water partition coefficient (Wildman–Crippen LogP) is 2.38. The number of fused-ring (bicyclic) bond motifs is 1. The number of nitrogens with zero attached hydrogens (tertiary/aromatic N) is 1. The van der Waals surface area contributed by atoms with Gasteiger partial charge in [0.1, 0.15) is 0 Å². The number of aromatic carboxylic acids is 1. The van der Waals surface area contributed by atoms with Crippen LogP contribution in [0, 0.1) is 13.8 Å². The molecular formula is C9H5IN2O4. The van der Waals surface area contributed by atoms with E-state index in [0.29, 0.717) is 9.09 Å². The van der Waals surface area contributed by atoms with Crippen LogP contribution in [-0.2, 0) is 0 Å².